The number of rotatable bonds is 6. The highest BCUT2D eigenvalue weighted by atomic mass is 79.9. The van der Waals surface area contributed by atoms with Crippen molar-refractivity contribution in [1.29, 1.82) is 0 Å². The highest BCUT2D eigenvalue weighted by Gasteiger charge is 2.21. The lowest BCUT2D eigenvalue weighted by atomic mass is 10.0. The van der Waals surface area contributed by atoms with Gasteiger partial charge in [0.05, 0.1) is 24.3 Å². The molecule has 7 nitrogen and oxygen atoms in total. The largest absolute Gasteiger partial charge is 0.497 e. The zero-order valence-corrected chi connectivity index (χ0v) is 19.0. The van der Waals surface area contributed by atoms with Crippen LogP contribution in [0.1, 0.15) is 18.4 Å². The van der Waals surface area contributed by atoms with Crippen molar-refractivity contribution in [3.63, 3.8) is 0 Å². The molecule has 2 heterocycles. The van der Waals surface area contributed by atoms with Crippen LogP contribution < -0.4 is 15.6 Å². The molecule has 0 atom stereocenters. The van der Waals surface area contributed by atoms with Crippen LogP contribution >= 0.6 is 15.9 Å². The predicted octanol–water partition coefficient (Wildman–Crippen LogP) is 2.95. The molecule has 2 aromatic carbocycles. The Morgan fingerprint density at radius 2 is 2.03 bits per heavy atom. The summed E-state index contributed by atoms with van der Waals surface area (Å²) >= 11 is 3.38. The summed E-state index contributed by atoms with van der Waals surface area (Å²) in [5.74, 6) is 0.704. The average Bonchev–Trinajstić information content (AvgIpc) is 2.77. The van der Waals surface area contributed by atoms with E-state index in [0.717, 1.165) is 42.7 Å². The Bertz CT molecular complexity index is 1140. The van der Waals surface area contributed by atoms with Crippen molar-refractivity contribution in [1.82, 2.24) is 19.8 Å². The van der Waals surface area contributed by atoms with Gasteiger partial charge in [0, 0.05) is 30.1 Å². The molecule has 1 fully saturated rings. The van der Waals surface area contributed by atoms with Crippen LogP contribution in [0.3, 0.4) is 0 Å². The zero-order valence-electron chi connectivity index (χ0n) is 17.4. The van der Waals surface area contributed by atoms with Gasteiger partial charge in [0.15, 0.2) is 0 Å². The molecule has 0 unspecified atom stereocenters. The first-order valence-electron chi connectivity index (χ1n) is 10.3. The molecule has 4 rings (SSSR count). The maximum absolute atomic E-state index is 12.7. The van der Waals surface area contributed by atoms with Crippen molar-refractivity contribution in [2.45, 2.75) is 32.0 Å². The van der Waals surface area contributed by atoms with E-state index in [-0.39, 0.29) is 24.1 Å². The molecule has 1 aromatic heterocycles. The number of amides is 1. The minimum Gasteiger partial charge on any atom is -0.497 e. The van der Waals surface area contributed by atoms with E-state index in [1.807, 2.05) is 18.2 Å². The molecule has 1 aliphatic heterocycles. The van der Waals surface area contributed by atoms with Gasteiger partial charge < -0.3 is 10.1 Å². The standard InChI is InChI=1S/C23H25BrN4O3/c1-31-19-4-2-3-16(11-19)13-27-9-7-18(8-10-27)26-22(29)14-28-15-25-21-6-5-17(24)12-20(21)23(28)30/h2-6,11-12,15,18H,7-10,13-14H2,1H3,(H,26,29). The summed E-state index contributed by atoms with van der Waals surface area (Å²) in [6, 6.07) is 13.6. The van der Waals surface area contributed by atoms with Gasteiger partial charge in [0.25, 0.3) is 5.56 Å². The molecule has 0 spiro atoms. The molecule has 3 aromatic rings. The third kappa shape index (κ3) is 5.32. The third-order valence-corrected chi connectivity index (χ3v) is 6.09. The summed E-state index contributed by atoms with van der Waals surface area (Å²) < 4.78 is 7.46. The number of hydrogen-bond donors (Lipinski definition) is 1. The second-order valence-corrected chi connectivity index (χ2v) is 8.72. The van der Waals surface area contributed by atoms with Gasteiger partial charge in [-0.1, -0.05) is 28.1 Å². The lowest BCUT2D eigenvalue weighted by Gasteiger charge is -2.32. The van der Waals surface area contributed by atoms with Gasteiger partial charge in [-0.15, -0.1) is 0 Å². The van der Waals surface area contributed by atoms with E-state index in [1.165, 1.54) is 16.5 Å². The molecule has 0 bridgehead atoms. The number of halogens is 1. The molecule has 31 heavy (non-hydrogen) atoms. The minimum atomic E-state index is -0.213. The highest BCUT2D eigenvalue weighted by molar-refractivity contribution is 9.10. The normalized spacial score (nSPS) is 15.2. The van der Waals surface area contributed by atoms with Crippen LogP contribution in [0.25, 0.3) is 10.9 Å². The van der Waals surface area contributed by atoms with Gasteiger partial charge in [0.1, 0.15) is 12.3 Å². The molecule has 1 amide bonds. The molecular weight excluding hydrogens is 460 g/mol. The number of aromatic nitrogens is 2. The third-order valence-electron chi connectivity index (χ3n) is 5.59. The van der Waals surface area contributed by atoms with Gasteiger partial charge in [0.2, 0.25) is 5.91 Å². The van der Waals surface area contributed by atoms with E-state index in [0.29, 0.717) is 10.9 Å². The Morgan fingerprint density at radius 1 is 1.23 bits per heavy atom. The minimum absolute atomic E-state index is 0.0295. The number of nitrogens with one attached hydrogen (secondary N) is 1. The van der Waals surface area contributed by atoms with Crippen molar-refractivity contribution in [3.8, 4) is 5.75 Å². The van der Waals surface area contributed by atoms with Crippen molar-refractivity contribution in [2.75, 3.05) is 20.2 Å². The summed E-state index contributed by atoms with van der Waals surface area (Å²) in [6.45, 7) is 2.66. The van der Waals surface area contributed by atoms with Gasteiger partial charge >= 0.3 is 0 Å². The second-order valence-electron chi connectivity index (χ2n) is 7.81. The number of methoxy groups -OCH3 is 1. The Morgan fingerprint density at radius 3 is 2.81 bits per heavy atom. The SMILES string of the molecule is COc1cccc(CN2CCC(NC(=O)Cn3cnc4ccc(Br)cc4c3=O)CC2)c1. The Hall–Kier alpha value is -2.71. The second kappa shape index (κ2) is 9.62. The fraction of sp³-hybridized carbons (Fsp3) is 0.348. The molecule has 1 N–H and O–H groups in total. The molecule has 1 saturated heterocycles. The Kier molecular flexibility index (Phi) is 6.67. The van der Waals surface area contributed by atoms with E-state index in [4.69, 9.17) is 4.74 Å². The lowest BCUT2D eigenvalue weighted by Crippen LogP contribution is -2.45. The fourth-order valence-electron chi connectivity index (χ4n) is 3.94. The molecule has 0 aliphatic carbocycles. The van der Waals surface area contributed by atoms with Crippen LogP contribution in [-0.2, 0) is 17.9 Å². The molecular formula is C23H25BrN4O3. The molecule has 0 saturated carbocycles. The van der Waals surface area contributed by atoms with Crippen LogP contribution in [-0.4, -0.2) is 46.6 Å². The maximum atomic E-state index is 12.7. The maximum Gasteiger partial charge on any atom is 0.261 e. The first kappa shape index (κ1) is 21.5. The summed E-state index contributed by atoms with van der Waals surface area (Å²) in [7, 11) is 1.67. The topological polar surface area (TPSA) is 76.5 Å². The van der Waals surface area contributed by atoms with Crippen molar-refractivity contribution in [2.24, 2.45) is 0 Å². The van der Waals surface area contributed by atoms with Gasteiger partial charge in [-0.05, 0) is 48.7 Å². The number of benzene rings is 2. The van der Waals surface area contributed by atoms with Crippen molar-refractivity contribution in [3.05, 3.63) is 69.2 Å². The van der Waals surface area contributed by atoms with E-state index < -0.39 is 0 Å². The number of likely N-dealkylation sites (tertiary alicyclic amines) is 1. The number of fused-ring (bicyclic) bond motifs is 1. The summed E-state index contributed by atoms with van der Waals surface area (Å²) in [5.41, 5.74) is 1.62. The smallest absolute Gasteiger partial charge is 0.261 e. The van der Waals surface area contributed by atoms with E-state index in [9.17, 15) is 9.59 Å². The molecule has 0 radical (unpaired) electrons. The van der Waals surface area contributed by atoms with Crippen LogP contribution in [0.4, 0.5) is 0 Å². The zero-order chi connectivity index (χ0) is 21.8. The van der Waals surface area contributed by atoms with Crippen LogP contribution in [0, 0.1) is 0 Å². The van der Waals surface area contributed by atoms with E-state index >= 15 is 0 Å². The summed E-state index contributed by atoms with van der Waals surface area (Å²) in [4.78, 5) is 31.9. The first-order valence-corrected chi connectivity index (χ1v) is 11.1. The fourth-order valence-corrected chi connectivity index (χ4v) is 4.30. The lowest BCUT2D eigenvalue weighted by molar-refractivity contribution is -0.122. The quantitative estimate of drug-likeness (QED) is 0.581. The first-order chi connectivity index (χ1) is 15.0. The van der Waals surface area contributed by atoms with Crippen LogP contribution in [0.2, 0.25) is 0 Å². The number of hydrogen-bond acceptors (Lipinski definition) is 5. The highest BCUT2D eigenvalue weighted by Crippen LogP contribution is 2.18. The van der Waals surface area contributed by atoms with E-state index in [1.54, 1.807) is 19.2 Å². The van der Waals surface area contributed by atoms with Crippen molar-refractivity contribution < 1.29 is 9.53 Å². The van der Waals surface area contributed by atoms with Gasteiger partial charge in [-0.25, -0.2) is 4.98 Å². The van der Waals surface area contributed by atoms with E-state index in [2.05, 4.69) is 43.3 Å². The van der Waals surface area contributed by atoms with Gasteiger partial charge in [-0.2, -0.15) is 0 Å². The van der Waals surface area contributed by atoms with Crippen LogP contribution in [0.15, 0.2) is 58.1 Å². The Balaban J connectivity index is 1.31. The molecule has 1 aliphatic rings. The number of carbonyl (C=O) groups excluding carboxylic acids is 1. The number of ether oxygens (including phenoxy) is 1. The summed E-state index contributed by atoms with van der Waals surface area (Å²) in [5, 5.41) is 3.57. The Labute approximate surface area is 189 Å². The molecule has 8 heteroatoms. The van der Waals surface area contributed by atoms with Gasteiger partial charge in [-0.3, -0.25) is 19.1 Å². The number of piperidine rings is 1. The predicted molar refractivity (Wildman–Crippen MR) is 123 cm³/mol. The molecule has 162 valence electrons. The van der Waals surface area contributed by atoms with Crippen molar-refractivity contribution >= 4 is 32.7 Å². The average molecular weight is 485 g/mol. The number of nitrogens with zero attached hydrogens (tertiary/aromatic N) is 3. The van der Waals surface area contributed by atoms with Crippen LogP contribution in [0.5, 0.6) is 5.75 Å². The summed E-state index contributed by atoms with van der Waals surface area (Å²) in [6.07, 6.45) is 3.20. The number of carbonyl (C=O) groups is 1. The monoisotopic (exact) mass is 484 g/mol.